The van der Waals surface area contributed by atoms with Crippen LogP contribution in [0.15, 0.2) is 11.6 Å². The van der Waals surface area contributed by atoms with Gasteiger partial charge in [-0.05, 0) is 0 Å². The molecule has 1 unspecified atom stereocenters. The van der Waals surface area contributed by atoms with Crippen molar-refractivity contribution in [2.75, 3.05) is 0 Å². The van der Waals surface area contributed by atoms with Crippen LogP contribution in [0.25, 0.3) is 0 Å². The second kappa shape index (κ2) is 6.07. The van der Waals surface area contributed by atoms with Crippen LogP contribution >= 0.6 is 0 Å². The molecule has 0 nitrogen and oxygen atoms in total. The molecule has 0 saturated carbocycles. The second-order valence-electron chi connectivity index (χ2n) is 3.15. The Morgan fingerprint density at radius 2 is 2.20 bits per heavy atom. The van der Waals surface area contributed by atoms with Gasteiger partial charge in [-0.3, -0.25) is 0 Å². The van der Waals surface area contributed by atoms with Gasteiger partial charge in [-0.1, -0.05) is 0 Å². The molecule has 0 saturated heterocycles. The van der Waals surface area contributed by atoms with Gasteiger partial charge in [0.05, 0.1) is 0 Å². The second-order valence-corrected chi connectivity index (χ2v) is 3.15. The molecule has 0 aliphatic rings. The average Bonchev–Trinajstić information content (AvgIpc) is 1.99. The van der Waals surface area contributed by atoms with Crippen molar-refractivity contribution in [3.63, 3.8) is 0 Å². The van der Waals surface area contributed by atoms with Gasteiger partial charge in [-0.2, -0.15) is 0 Å². The first-order valence-corrected chi connectivity index (χ1v) is 4.36. The first-order valence-electron chi connectivity index (χ1n) is 4.36. The summed E-state index contributed by atoms with van der Waals surface area (Å²) >= 11 is 2.21. The van der Waals surface area contributed by atoms with Gasteiger partial charge in [-0.15, -0.1) is 0 Å². The molecule has 0 bridgehead atoms. The van der Waals surface area contributed by atoms with E-state index in [2.05, 4.69) is 44.6 Å². The maximum atomic E-state index is 2.37. The molecule has 0 spiro atoms. The zero-order valence-electron chi connectivity index (χ0n) is 7.78. The van der Waals surface area contributed by atoms with E-state index in [4.69, 9.17) is 0 Å². The van der Waals surface area contributed by atoms with Gasteiger partial charge in [0.15, 0.2) is 0 Å². The van der Waals surface area contributed by atoms with Gasteiger partial charge in [0.25, 0.3) is 0 Å². The fraction of sp³-hybridized carbons (Fsp3) is 0.778. The summed E-state index contributed by atoms with van der Waals surface area (Å²) in [6, 6.07) is 0. The van der Waals surface area contributed by atoms with Gasteiger partial charge >= 0.3 is 74.0 Å². The fourth-order valence-electron chi connectivity index (χ4n) is 0.713. The third-order valence-corrected chi connectivity index (χ3v) is 2.12. The summed E-state index contributed by atoms with van der Waals surface area (Å²) in [6.07, 6.45) is 4.93. The summed E-state index contributed by atoms with van der Waals surface area (Å²) in [4.78, 5) is 0. The van der Waals surface area contributed by atoms with Gasteiger partial charge < -0.3 is 0 Å². The first-order chi connectivity index (χ1) is 4.70. The third kappa shape index (κ3) is 5.15. The Bertz CT molecular complexity index is 105. The van der Waals surface area contributed by atoms with Crippen molar-refractivity contribution in [1.82, 2.24) is 0 Å². The Morgan fingerprint density at radius 3 is 2.60 bits per heavy atom. The summed E-state index contributed by atoms with van der Waals surface area (Å²) < 4.78 is 0. The molecule has 0 aromatic carbocycles. The first kappa shape index (κ1) is 10.3. The van der Waals surface area contributed by atoms with Gasteiger partial charge in [0.2, 0.25) is 0 Å². The third-order valence-electron chi connectivity index (χ3n) is 2.12. The predicted octanol–water partition coefficient (Wildman–Crippen LogP) is 2.96. The summed E-state index contributed by atoms with van der Waals surface area (Å²) in [6.45, 7) is 6.77. The zero-order valence-corrected chi connectivity index (χ0v) is 7.78. The summed E-state index contributed by atoms with van der Waals surface area (Å²) in [5, 5.41) is 1.20. The van der Waals surface area contributed by atoms with Crippen LogP contribution in [-0.4, -0.2) is 17.7 Å². The van der Waals surface area contributed by atoms with Crippen LogP contribution in [0.3, 0.4) is 0 Å². The van der Waals surface area contributed by atoms with Gasteiger partial charge in [0, 0.05) is 0 Å². The number of hydrogen-bond donors (Lipinski definition) is 0. The van der Waals surface area contributed by atoms with E-state index in [-0.39, 0.29) is 0 Å². The van der Waals surface area contributed by atoms with Crippen LogP contribution in [-0.2, 0) is 0 Å². The van der Waals surface area contributed by atoms with Crippen molar-refractivity contribution >= 4 is 17.7 Å². The molecule has 0 heterocycles. The quantitative estimate of drug-likeness (QED) is 0.407. The van der Waals surface area contributed by atoms with E-state index in [0.29, 0.717) is 0 Å². The molecule has 10 heavy (non-hydrogen) atoms. The van der Waals surface area contributed by atoms with Crippen LogP contribution < -0.4 is 0 Å². The number of rotatable bonds is 4. The summed E-state index contributed by atoms with van der Waals surface area (Å²) in [7, 11) is 0. The van der Waals surface area contributed by atoms with Crippen molar-refractivity contribution < 1.29 is 0 Å². The minimum atomic E-state index is 0.862. The molecule has 0 aromatic rings. The van der Waals surface area contributed by atoms with Crippen LogP contribution in [0.5, 0.6) is 0 Å². The van der Waals surface area contributed by atoms with Crippen molar-refractivity contribution in [2.24, 2.45) is 5.92 Å². The Labute approximate surface area is 74.3 Å². The summed E-state index contributed by atoms with van der Waals surface area (Å²) in [5.74, 6) is 0.862. The molecule has 0 rings (SSSR count). The monoisotopic (exact) mass is 132 g/mol. The molecular formula is C9H17Li. The molecule has 0 radical (unpaired) electrons. The molecule has 0 fully saturated rings. The van der Waals surface area contributed by atoms with Crippen LogP contribution in [0.1, 0.15) is 33.6 Å². The van der Waals surface area contributed by atoms with Gasteiger partial charge in [0.1, 0.15) is 0 Å². The molecule has 0 amide bonds. The molecular weight excluding hydrogens is 115 g/mol. The van der Waals surface area contributed by atoms with E-state index in [1.165, 1.54) is 23.5 Å². The molecule has 0 aliphatic carbocycles. The molecule has 0 aliphatic heterocycles. The maximum absolute atomic E-state index is 2.37. The van der Waals surface area contributed by atoms with E-state index in [0.717, 1.165) is 5.92 Å². The standard InChI is InChI=1S/C9H17.Li/c1-5-9(4)7-6-8(2)3;/h6,9H,2,5,7H2,1,3-4H3;. The molecule has 1 heteroatoms. The van der Waals surface area contributed by atoms with E-state index >= 15 is 0 Å². The molecule has 1 atom stereocenters. The Kier molecular flexibility index (Phi) is 6.28. The van der Waals surface area contributed by atoms with E-state index < -0.39 is 0 Å². The SMILES string of the molecule is [Li][CH2]C(C)=CCC(C)CC. The topological polar surface area (TPSA) is 0 Å². The predicted molar refractivity (Wildman–Crippen MR) is 48.4 cm³/mol. The molecule has 54 valence electrons. The van der Waals surface area contributed by atoms with E-state index in [9.17, 15) is 0 Å². The molecule has 0 N–H and O–H groups in total. The number of allylic oxidation sites excluding steroid dienone is 2. The van der Waals surface area contributed by atoms with Crippen molar-refractivity contribution in [2.45, 2.75) is 38.7 Å². The number of hydrogen-bond acceptors (Lipinski definition) is 0. The Balaban J connectivity index is 3.50. The Morgan fingerprint density at radius 1 is 1.60 bits per heavy atom. The zero-order chi connectivity index (χ0) is 7.98. The van der Waals surface area contributed by atoms with Crippen molar-refractivity contribution in [3.05, 3.63) is 11.6 Å². The fourth-order valence-corrected chi connectivity index (χ4v) is 0.713. The van der Waals surface area contributed by atoms with E-state index in [1.54, 1.807) is 0 Å². The Hall–Kier alpha value is 0.337. The normalized spacial score (nSPS) is 15.5. The van der Waals surface area contributed by atoms with Gasteiger partial charge in [-0.25, -0.2) is 0 Å². The van der Waals surface area contributed by atoms with Crippen molar-refractivity contribution in [3.8, 4) is 0 Å². The van der Waals surface area contributed by atoms with Crippen LogP contribution in [0.2, 0.25) is 5.09 Å². The van der Waals surface area contributed by atoms with Crippen molar-refractivity contribution in [1.29, 1.82) is 0 Å². The van der Waals surface area contributed by atoms with Crippen LogP contribution in [0.4, 0.5) is 0 Å². The average molecular weight is 132 g/mol. The van der Waals surface area contributed by atoms with Crippen LogP contribution in [0, 0.1) is 5.92 Å². The minimum absolute atomic E-state index is 0.862. The summed E-state index contributed by atoms with van der Waals surface area (Å²) in [5.41, 5.74) is 1.53. The molecule has 0 aromatic heterocycles. The van der Waals surface area contributed by atoms with E-state index in [1.807, 2.05) is 0 Å².